The number of H-pyrrole nitrogens is 1. The SMILES string of the molecule is CC(=O)Nc1cccc(N[C@@H](C)c2cc3cc(Cl)cc(F)c3[nH]c2=O)c1. The second kappa shape index (κ2) is 7.17. The average molecular weight is 374 g/mol. The molecule has 1 heterocycles. The number of carbonyl (C=O) groups is 1. The van der Waals surface area contributed by atoms with Crippen LogP contribution in [0.4, 0.5) is 15.8 Å². The smallest absolute Gasteiger partial charge is 0.253 e. The molecule has 26 heavy (non-hydrogen) atoms. The van der Waals surface area contributed by atoms with Crippen LogP contribution in [0.3, 0.4) is 0 Å². The molecule has 0 spiro atoms. The highest BCUT2D eigenvalue weighted by Gasteiger charge is 2.14. The Morgan fingerprint density at radius 2 is 1.92 bits per heavy atom. The molecular weight excluding hydrogens is 357 g/mol. The molecule has 134 valence electrons. The first-order valence-corrected chi connectivity index (χ1v) is 8.37. The summed E-state index contributed by atoms with van der Waals surface area (Å²) < 4.78 is 14.0. The van der Waals surface area contributed by atoms with Crippen molar-refractivity contribution in [2.75, 3.05) is 10.6 Å². The minimum atomic E-state index is -0.570. The molecule has 0 radical (unpaired) electrons. The Labute approximate surface area is 154 Å². The largest absolute Gasteiger partial charge is 0.378 e. The Kier molecular flexibility index (Phi) is 4.95. The third kappa shape index (κ3) is 3.86. The highest BCUT2D eigenvalue weighted by Crippen LogP contribution is 2.25. The van der Waals surface area contributed by atoms with E-state index in [1.165, 1.54) is 6.92 Å². The summed E-state index contributed by atoms with van der Waals surface area (Å²) in [6.45, 7) is 3.25. The first kappa shape index (κ1) is 17.9. The summed E-state index contributed by atoms with van der Waals surface area (Å²) in [6, 6.07) is 11.2. The Hall–Kier alpha value is -2.86. The minimum Gasteiger partial charge on any atom is -0.378 e. The van der Waals surface area contributed by atoms with Gasteiger partial charge in [0.05, 0.1) is 11.6 Å². The molecule has 1 aromatic heterocycles. The van der Waals surface area contributed by atoms with E-state index in [-0.39, 0.29) is 28.0 Å². The Morgan fingerprint density at radius 3 is 2.65 bits per heavy atom. The van der Waals surface area contributed by atoms with Gasteiger partial charge in [0.15, 0.2) is 0 Å². The van der Waals surface area contributed by atoms with Crippen molar-refractivity contribution in [3.8, 4) is 0 Å². The fourth-order valence-electron chi connectivity index (χ4n) is 2.80. The molecule has 2 aromatic carbocycles. The Morgan fingerprint density at radius 1 is 1.19 bits per heavy atom. The molecule has 3 rings (SSSR count). The van der Waals surface area contributed by atoms with Gasteiger partial charge in [-0.25, -0.2) is 4.39 Å². The van der Waals surface area contributed by atoms with E-state index in [0.717, 1.165) is 11.8 Å². The van der Waals surface area contributed by atoms with Crippen molar-refractivity contribution >= 4 is 39.8 Å². The molecule has 1 atom stereocenters. The molecule has 0 unspecified atom stereocenters. The second-order valence-corrected chi connectivity index (χ2v) is 6.47. The van der Waals surface area contributed by atoms with Crippen LogP contribution in [0, 0.1) is 5.82 Å². The first-order valence-electron chi connectivity index (χ1n) is 7.99. The number of hydrogen-bond acceptors (Lipinski definition) is 3. The average Bonchev–Trinajstić information content (AvgIpc) is 2.54. The highest BCUT2D eigenvalue weighted by molar-refractivity contribution is 6.31. The highest BCUT2D eigenvalue weighted by atomic mass is 35.5. The molecule has 3 aromatic rings. The minimum absolute atomic E-state index is 0.128. The number of pyridine rings is 1. The van der Waals surface area contributed by atoms with E-state index in [1.54, 1.807) is 30.3 Å². The number of anilines is 2. The van der Waals surface area contributed by atoms with Gasteiger partial charge < -0.3 is 15.6 Å². The lowest BCUT2D eigenvalue weighted by Gasteiger charge is -2.16. The van der Waals surface area contributed by atoms with Crippen molar-refractivity contribution in [2.45, 2.75) is 19.9 Å². The summed E-state index contributed by atoms with van der Waals surface area (Å²) in [5.74, 6) is -0.736. The maximum Gasteiger partial charge on any atom is 0.253 e. The van der Waals surface area contributed by atoms with Crippen LogP contribution < -0.4 is 16.2 Å². The zero-order valence-corrected chi connectivity index (χ0v) is 14.9. The lowest BCUT2D eigenvalue weighted by Crippen LogP contribution is -2.19. The molecule has 0 aliphatic carbocycles. The van der Waals surface area contributed by atoms with Gasteiger partial charge in [0.25, 0.3) is 5.56 Å². The third-order valence-corrected chi connectivity index (χ3v) is 4.15. The summed E-state index contributed by atoms with van der Waals surface area (Å²) in [7, 11) is 0. The van der Waals surface area contributed by atoms with Crippen molar-refractivity contribution < 1.29 is 9.18 Å². The number of fused-ring (bicyclic) bond motifs is 1. The van der Waals surface area contributed by atoms with Gasteiger partial charge in [-0.05, 0) is 43.3 Å². The summed E-state index contributed by atoms with van der Waals surface area (Å²) in [4.78, 5) is 26.1. The number of amides is 1. The summed E-state index contributed by atoms with van der Waals surface area (Å²) in [5.41, 5.74) is 1.58. The van der Waals surface area contributed by atoms with Crippen LogP contribution in [-0.2, 0) is 4.79 Å². The van der Waals surface area contributed by atoms with Crippen LogP contribution in [-0.4, -0.2) is 10.9 Å². The number of hydrogen-bond donors (Lipinski definition) is 3. The van der Waals surface area contributed by atoms with Crippen LogP contribution in [0.2, 0.25) is 5.02 Å². The predicted octanol–water partition coefficient (Wildman–Crippen LogP) is 4.45. The van der Waals surface area contributed by atoms with E-state index >= 15 is 0 Å². The zero-order valence-electron chi connectivity index (χ0n) is 14.2. The predicted molar refractivity (Wildman–Crippen MR) is 102 cm³/mol. The molecule has 0 saturated carbocycles. The molecule has 5 nitrogen and oxygen atoms in total. The van der Waals surface area contributed by atoms with E-state index in [2.05, 4.69) is 15.6 Å². The van der Waals surface area contributed by atoms with Crippen molar-refractivity contribution in [1.82, 2.24) is 4.98 Å². The molecule has 3 N–H and O–H groups in total. The number of carbonyl (C=O) groups excluding carboxylic acids is 1. The van der Waals surface area contributed by atoms with Crippen LogP contribution in [0.5, 0.6) is 0 Å². The van der Waals surface area contributed by atoms with Gasteiger partial charge in [0.2, 0.25) is 5.91 Å². The summed E-state index contributed by atoms with van der Waals surface area (Å²) in [5, 5.41) is 6.69. The maximum atomic E-state index is 14.0. The first-order chi connectivity index (χ1) is 12.3. The lowest BCUT2D eigenvalue weighted by atomic mass is 10.1. The second-order valence-electron chi connectivity index (χ2n) is 6.03. The van der Waals surface area contributed by atoms with E-state index < -0.39 is 5.82 Å². The zero-order chi connectivity index (χ0) is 18.8. The van der Waals surface area contributed by atoms with E-state index in [1.807, 2.05) is 13.0 Å². The number of halogens is 2. The fraction of sp³-hybridized carbons (Fsp3) is 0.158. The Balaban J connectivity index is 1.93. The van der Waals surface area contributed by atoms with Crippen molar-refractivity contribution in [3.63, 3.8) is 0 Å². The number of aromatic amines is 1. The van der Waals surface area contributed by atoms with E-state index in [0.29, 0.717) is 16.6 Å². The van der Waals surface area contributed by atoms with E-state index in [9.17, 15) is 14.0 Å². The molecule has 0 bridgehead atoms. The van der Waals surface area contributed by atoms with Crippen LogP contribution >= 0.6 is 11.6 Å². The molecule has 7 heteroatoms. The summed E-state index contributed by atoms with van der Waals surface area (Å²) >= 11 is 5.90. The molecule has 0 fully saturated rings. The van der Waals surface area contributed by atoms with Gasteiger partial charge in [-0.1, -0.05) is 17.7 Å². The van der Waals surface area contributed by atoms with Gasteiger partial charge in [0.1, 0.15) is 5.82 Å². The van der Waals surface area contributed by atoms with Gasteiger partial charge in [0, 0.05) is 34.3 Å². The molecular formula is C19H17ClFN3O2. The van der Waals surface area contributed by atoms with Gasteiger partial charge >= 0.3 is 0 Å². The number of benzene rings is 2. The normalized spacial score (nSPS) is 12.0. The maximum absolute atomic E-state index is 14.0. The van der Waals surface area contributed by atoms with Crippen LogP contribution in [0.25, 0.3) is 10.9 Å². The van der Waals surface area contributed by atoms with Crippen molar-refractivity contribution in [1.29, 1.82) is 0 Å². The molecule has 0 saturated heterocycles. The third-order valence-electron chi connectivity index (χ3n) is 3.93. The van der Waals surface area contributed by atoms with E-state index in [4.69, 9.17) is 11.6 Å². The number of rotatable bonds is 4. The summed E-state index contributed by atoms with van der Waals surface area (Å²) in [6.07, 6.45) is 0. The van der Waals surface area contributed by atoms with Crippen molar-refractivity contribution in [3.05, 3.63) is 69.2 Å². The fourth-order valence-corrected chi connectivity index (χ4v) is 3.01. The monoisotopic (exact) mass is 373 g/mol. The number of aromatic nitrogens is 1. The van der Waals surface area contributed by atoms with Crippen molar-refractivity contribution in [2.24, 2.45) is 0 Å². The quantitative estimate of drug-likeness (QED) is 0.632. The van der Waals surface area contributed by atoms with Crippen LogP contribution in [0.1, 0.15) is 25.5 Å². The van der Waals surface area contributed by atoms with Gasteiger partial charge in [-0.2, -0.15) is 0 Å². The number of nitrogens with one attached hydrogen (secondary N) is 3. The lowest BCUT2D eigenvalue weighted by molar-refractivity contribution is -0.114. The standard InChI is InChI=1S/C19H17ClFN3O2/c1-10(22-14-4-3-5-15(9-14)23-11(2)25)16-7-12-6-13(20)8-17(21)18(12)24-19(16)26/h3-10,22H,1-2H3,(H,23,25)(H,24,26)/t10-/m0/s1. The molecule has 0 aliphatic rings. The molecule has 0 aliphatic heterocycles. The molecule has 1 amide bonds. The van der Waals surface area contributed by atoms with Gasteiger partial charge in [-0.3, -0.25) is 9.59 Å². The topological polar surface area (TPSA) is 74.0 Å². The van der Waals surface area contributed by atoms with Crippen LogP contribution in [0.15, 0.2) is 47.3 Å². The van der Waals surface area contributed by atoms with Gasteiger partial charge in [-0.15, -0.1) is 0 Å². The Bertz CT molecular complexity index is 1050.